The van der Waals surface area contributed by atoms with Gasteiger partial charge in [-0.3, -0.25) is 0 Å². The molecule has 2 heteroatoms. The number of phenols is 1. The summed E-state index contributed by atoms with van der Waals surface area (Å²) >= 11 is 0. The molecule has 0 saturated heterocycles. The Bertz CT molecular complexity index is 279. The second kappa shape index (κ2) is 5.32. The number of phenolic OH excluding ortho intramolecular Hbond substituents is 1. The van der Waals surface area contributed by atoms with Crippen LogP contribution in [0, 0.1) is 0 Å². The lowest BCUT2D eigenvalue weighted by atomic mass is 10.0. The minimum absolute atomic E-state index is 0.318. The van der Waals surface area contributed by atoms with Gasteiger partial charge in [0.25, 0.3) is 0 Å². The molecule has 0 aliphatic rings. The van der Waals surface area contributed by atoms with E-state index in [0.717, 1.165) is 12.8 Å². The molecule has 1 aromatic carbocycles. The first kappa shape index (κ1) is 10.6. The summed E-state index contributed by atoms with van der Waals surface area (Å²) in [6.07, 6.45) is 3.75. The van der Waals surface area contributed by atoms with Gasteiger partial charge in [0, 0.05) is 6.04 Å². The van der Waals surface area contributed by atoms with E-state index in [1.165, 1.54) is 5.56 Å². The minimum atomic E-state index is 0.318. The van der Waals surface area contributed by atoms with E-state index < -0.39 is 0 Å². The van der Waals surface area contributed by atoms with Gasteiger partial charge in [-0.1, -0.05) is 25.6 Å². The lowest BCUT2D eigenvalue weighted by molar-refractivity contribution is 0.474. The minimum Gasteiger partial charge on any atom is -0.508 e. The van der Waals surface area contributed by atoms with Crippen LogP contribution in [0.15, 0.2) is 37.0 Å². The maximum Gasteiger partial charge on any atom is 0.115 e. The Morgan fingerprint density at radius 1 is 1.43 bits per heavy atom. The molecule has 0 spiro atoms. The Morgan fingerprint density at radius 3 is 2.57 bits per heavy atom. The van der Waals surface area contributed by atoms with Gasteiger partial charge in [-0.2, -0.15) is 0 Å². The van der Waals surface area contributed by atoms with Gasteiger partial charge < -0.3 is 10.4 Å². The lowest BCUT2D eigenvalue weighted by Gasteiger charge is -2.14. The first-order chi connectivity index (χ1) is 6.76. The molecule has 0 aliphatic carbocycles. The molecule has 2 nitrogen and oxygen atoms in total. The van der Waals surface area contributed by atoms with Gasteiger partial charge in [-0.15, -0.1) is 0 Å². The van der Waals surface area contributed by atoms with Crippen molar-refractivity contribution in [3.05, 3.63) is 42.6 Å². The van der Waals surface area contributed by atoms with Crippen molar-refractivity contribution in [3.8, 4) is 5.75 Å². The molecule has 0 heterocycles. The highest BCUT2D eigenvalue weighted by Gasteiger charge is 2.04. The standard InChI is InChI=1S/C12H17NO/c1-3-11(13-4-2)9-10-5-7-12(14)8-6-10/h4-8,11,13-14H,2-3,9H2,1H3. The molecule has 2 N–H and O–H groups in total. The van der Waals surface area contributed by atoms with Crippen LogP contribution in [0.25, 0.3) is 0 Å². The molecular formula is C12H17NO. The zero-order chi connectivity index (χ0) is 10.4. The third kappa shape index (κ3) is 3.13. The molecule has 1 aromatic rings. The van der Waals surface area contributed by atoms with E-state index in [9.17, 15) is 0 Å². The molecule has 1 rings (SSSR count). The fourth-order valence-corrected chi connectivity index (χ4v) is 1.40. The van der Waals surface area contributed by atoms with Gasteiger partial charge in [0.1, 0.15) is 5.75 Å². The molecule has 76 valence electrons. The molecule has 0 saturated carbocycles. The average Bonchev–Trinajstić information content (AvgIpc) is 2.20. The van der Waals surface area contributed by atoms with E-state index in [4.69, 9.17) is 5.11 Å². The van der Waals surface area contributed by atoms with E-state index in [2.05, 4.69) is 18.8 Å². The van der Waals surface area contributed by atoms with Crippen LogP contribution in [0.3, 0.4) is 0 Å². The molecule has 0 fully saturated rings. The molecule has 0 bridgehead atoms. The Hall–Kier alpha value is -1.44. The number of rotatable bonds is 5. The summed E-state index contributed by atoms with van der Waals surface area (Å²) in [7, 11) is 0. The zero-order valence-electron chi connectivity index (χ0n) is 8.53. The maximum atomic E-state index is 9.12. The summed E-state index contributed by atoms with van der Waals surface area (Å²) in [6.45, 7) is 5.79. The van der Waals surface area contributed by atoms with Gasteiger partial charge >= 0.3 is 0 Å². The first-order valence-electron chi connectivity index (χ1n) is 4.91. The predicted octanol–water partition coefficient (Wildman–Crippen LogP) is 2.45. The monoisotopic (exact) mass is 191 g/mol. The first-order valence-corrected chi connectivity index (χ1v) is 4.91. The summed E-state index contributed by atoms with van der Waals surface area (Å²) in [6, 6.07) is 7.76. The summed E-state index contributed by atoms with van der Waals surface area (Å²) in [5.41, 5.74) is 1.23. The Morgan fingerprint density at radius 2 is 2.07 bits per heavy atom. The van der Waals surface area contributed by atoms with E-state index in [1.54, 1.807) is 18.3 Å². The van der Waals surface area contributed by atoms with Gasteiger partial charge in [-0.25, -0.2) is 0 Å². The average molecular weight is 191 g/mol. The van der Waals surface area contributed by atoms with Crippen molar-refractivity contribution in [2.24, 2.45) is 0 Å². The molecule has 0 radical (unpaired) electrons. The molecule has 14 heavy (non-hydrogen) atoms. The fourth-order valence-electron chi connectivity index (χ4n) is 1.40. The summed E-state index contributed by atoms with van der Waals surface area (Å²) < 4.78 is 0. The fraction of sp³-hybridized carbons (Fsp3) is 0.333. The largest absolute Gasteiger partial charge is 0.508 e. The third-order valence-corrected chi connectivity index (χ3v) is 2.26. The molecule has 0 amide bonds. The molecule has 0 aliphatic heterocycles. The van der Waals surface area contributed by atoms with Gasteiger partial charge in [0.15, 0.2) is 0 Å². The number of nitrogens with one attached hydrogen (secondary N) is 1. The Kier molecular flexibility index (Phi) is 4.05. The number of aromatic hydroxyl groups is 1. The van der Waals surface area contributed by atoms with E-state index >= 15 is 0 Å². The topological polar surface area (TPSA) is 32.3 Å². The number of hydrogen-bond donors (Lipinski definition) is 2. The second-order valence-electron chi connectivity index (χ2n) is 3.35. The maximum absolute atomic E-state index is 9.12. The highest BCUT2D eigenvalue weighted by molar-refractivity contribution is 5.26. The van der Waals surface area contributed by atoms with Crippen LogP contribution in [0.2, 0.25) is 0 Å². The van der Waals surface area contributed by atoms with Gasteiger partial charge in [0.05, 0.1) is 0 Å². The van der Waals surface area contributed by atoms with Crippen LogP contribution in [0.1, 0.15) is 18.9 Å². The van der Waals surface area contributed by atoms with Crippen molar-refractivity contribution < 1.29 is 5.11 Å². The SMILES string of the molecule is C=CNC(CC)Cc1ccc(O)cc1. The van der Waals surface area contributed by atoms with Crippen LogP contribution in [-0.2, 0) is 6.42 Å². The Balaban J connectivity index is 2.57. The normalized spacial score (nSPS) is 12.1. The third-order valence-electron chi connectivity index (χ3n) is 2.26. The second-order valence-corrected chi connectivity index (χ2v) is 3.35. The van der Waals surface area contributed by atoms with E-state index in [0.29, 0.717) is 11.8 Å². The quantitative estimate of drug-likeness (QED) is 0.749. The highest BCUT2D eigenvalue weighted by atomic mass is 16.3. The molecular weight excluding hydrogens is 174 g/mol. The van der Waals surface area contributed by atoms with Crippen LogP contribution in [-0.4, -0.2) is 11.1 Å². The van der Waals surface area contributed by atoms with Crippen LogP contribution in [0.4, 0.5) is 0 Å². The van der Waals surface area contributed by atoms with Gasteiger partial charge in [-0.05, 0) is 36.7 Å². The van der Waals surface area contributed by atoms with Crippen molar-refractivity contribution in [2.75, 3.05) is 0 Å². The predicted molar refractivity (Wildman–Crippen MR) is 59.2 cm³/mol. The molecule has 0 aromatic heterocycles. The van der Waals surface area contributed by atoms with Crippen molar-refractivity contribution in [1.82, 2.24) is 5.32 Å². The van der Waals surface area contributed by atoms with Crippen LogP contribution >= 0.6 is 0 Å². The highest BCUT2D eigenvalue weighted by Crippen LogP contribution is 2.12. The van der Waals surface area contributed by atoms with Gasteiger partial charge in [0.2, 0.25) is 0 Å². The summed E-state index contributed by atoms with van der Waals surface area (Å²) in [5, 5.41) is 12.3. The van der Waals surface area contributed by atoms with E-state index in [1.807, 2.05) is 12.1 Å². The van der Waals surface area contributed by atoms with Crippen molar-refractivity contribution in [1.29, 1.82) is 0 Å². The lowest BCUT2D eigenvalue weighted by Crippen LogP contribution is -2.25. The smallest absolute Gasteiger partial charge is 0.115 e. The summed E-state index contributed by atoms with van der Waals surface area (Å²) in [5.74, 6) is 0.318. The summed E-state index contributed by atoms with van der Waals surface area (Å²) in [4.78, 5) is 0. The van der Waals surface area contributed by atoms with E-state index in [-0.39, 0.29) is 0 Å². The van der Waals surface area contributed by atoms with Crippen LogP contribution in [0.5, 0.6) is 5.75 Å². The molecule has 1 atom stereocenters. The Labute approximate surface area is 85.3 Å². The van der Waals surface area contributed by atoms with Crippen molar-refractivity contribution in [2.45, 2.75) is 25.8 Å². The number of hydrogen-bond acceptors (Lipinski definition) is 2. The van der Waals surface area contributed by atoms with Crippen LogP contribution < -0.4 is 5.32 Å². The van der Waals surface area contributed by atoms with Crippen molar-refractivity contribution in [3.63, 3.8) is 0 Å². The molecule has 1 unspecified atom stereocenters. The van der Waals surface area contributed by atoms with Crippen molar-refractivity contribution >= 4 is 0 Å². The number of benzene rings is 1. The zero-order valence-corrected chi connectivity index (χ0v) is 8.53.